The largest absolute Gasteiger partial charge is 0.459 e. The van der Waals surface area contributed by atoms with Crippen LogP contribution in [0.5, 0.6) is 0 Å². The van der Waals surface area contributed by atoms with E-state index in [-0.39, 0.29) is 18.7 Å². The zero-order valence-corrected chi connectivity index (χ0v) is 17.6. The number of aryl methyl sites for hydroxylation is 1. The fourth-order valence-corrected chi connectivity index (χ4v) is 4.12. The van der Waals surface area contributed by atoms with Crippen LogP contribution >= 0.6 is 23.8 Å². The first-order valence-corrected chi connectivity index (χ1v) is 10.3. The summed E-state index contributed by atoms with van der Waals surface area (Å²) in [7, 11) is 0. The second-order valence-electron chi connectivity index (χ2n) is 7.06. The lowest BCUT2D eigenvalue weighted by atomic mass is 10.0. The zero-order valence-electron chi connectivity index (χ0n) is 16.0. The van der Waals surface area contributed by atoms with Crippen molar-refractivity contribution in [3.8, 4) is 11.3 Å². The van der Waals surface area contributed by atoms with Crippen LogP contribution in [-0.2, 0) is 0 Å². The fourth-order valence-electron chi connectivity index (χ4n) is 3.61. The molecule has 150 valence electrons. The predicted octanol–water partition coefficient (Wildman–Crippen LogP) is 4.66. The molecule has 0 radical (unpaired) electrons. The van der Waals surface area contributed by atoms with Gasteiger partial charge in [0.15, 0.2) is 5.11 Å². The SMILES string of the molecule is Cc1ccc(-c2ccc([C@@H]3[C@H](c4ccccn4)NC(=S)N3CCCO)o2)cc1Cl. The number of rotatable bonds is 6. The number of benzene rings is 1. The number of halogens is 1. The topological polar surface area (TPSA) is 61.5 Å². The van der Waals surface area contributed by atoms with Gasteiger partial charge in [0.1, 0.15) is 17.6 Å². The second kappa shape index (κ2) is 8.53. The summed E-state index contributed by atoms with van der Waals surface area (Å²) in [4.78, 5) is 6.58. The first-order chi connectivity index (χ1) is 14.1. The minimum Gasteiger partial charge on any atom is -0.459 e. The molecule has 1 aliphatic rings. The molecule has 1 aliphatic heterocycles. The molecule has 4 rings (SSSR count). The predicted molar refractivity (Wildman–Crippen MR) is 118 cm³/mol. The van der Waals surface area contributed by atoms with E-state index in [2.05, 4.69) is 15.2 Å². The van der Waals surface area contributed by atoms with Crippen LogP contribution in [0.1, 0.15) is 35.5 Å². The molecular weight excluding hydrogens is 406 g/mol. The maximum atomic E-state index is 9.32. The summed E-state index contributed by atoms with van der Waals surface area (Å²) in [6, 6.07) is 15.4. The molecule has 0 spiro atoms. The quantitative estimate of drug-likeness (QED) is 0.558. The van der Waals surface area contributed by atoms with E-state index in [1.807, 2.05) is 55.5 Å². The monoisotopic (exact) mass is 427 g/mol. The standard InChI is InChI=1S/C22H22ClN3O2S/c1-14-6-7-15(13-16(14)23)18-8-9-19(28-18)21-20(17-5-2-3-10-24-17)25-22(29)26(21)11-4-12-27/h2-3,5-10,13,20-21,27H,4,11-12H2,1H3,(H,25,29)/t20-,21+/m0/s1. The van der Waals surface area contributed by atoms with Crippen LogP contribution in [0.15, 0.2) is 59.1 Å². The van der Waals surface area contributed by atoms with Crippen LogP contribution in [-0.4, -0.2) is 33.3 Å². The summed E-state index contributed by atoms with van der Waals surface area (Å²) in [5, 5.41) is 14.0. The Kier molecular flexibility index (Phi) is 5.85. The van der Waals surface area contributed by atoms with Gasteiger partial charge in [-0.15, -0.1) is 0 Å². The van der Waals surface area contributed by atoms with E-state index in [4.69, 9.17) is 28.2 Å². The first kappa shape index (κ1) is 19.9. The van der Waals surface area contributed by atoms with Gasteiger partial charge in [0.25, 0.3) is 0 Å². The summed E-state index contributed by atoms with van der Waals surface area (Å²) in [5.74, 6) is 1.54. The molecule has 0 bridgehead atoms. The molecule has 1 fully saturated rings. The van der Waals surface area contributed by atoms with Crippen molar-refractivity contribution in [2.24, 2.45) is 0 Å². The molecule has 5 nitrogen and oxygen atoms in total. The molecule has 2 N–H and O–H groups in total. The van der Waals surface area contributed by atoms with Gasteiger partial charge in [0.05, 0.1) is 11.7 Å². The smallest absolute Gasteiger partial charge is 0.170 e. The number of aliphatic hydroxyl groups excluding tert-OH is 1. The van der Waals surface area contributed by atoms with Gasteiger partial charge in [-0.2, -0.15) is 0 Å². The number of hydrogen-bond acceptors (Lipinski definition) is 4. The van der Waals surface area contributed by atoms with E-state index in [1.54, 1.807) is 6.20 Å². The van der Waals surface area contributed by atoms with Crippen LogP contribution in [0.4, 0.5) is 0 Å². The van der Waals surface area contributed by atoms with Crippen LogP contribution in [0.25, 0.3) is 11.3 Å². The minimum absolute atomic E-state index is 0.103. The normalized spacial score (nSPS) is 18.9. The van der Waals surface area contributed by atoms with E-state index in [9.17, 15) is 5.11 Å². The number of furan rings is 1. The van der Waals surface area contributed by atoms with Crippen LogP contribution in [0, 0.1) is 6.92 Å². The summed E-state index contributed by atoms with van der Waals surface area (Å²) < 4.78 is 6.27. The third-order valence-electron chi connectivity index (χ3n) is 5.13. The average molecular weight is 428 g/mol. The number of nitrogens with one attached hydrogen (secondary N) is 1. The molecule has 2 atom stereocenters. The molecular formula is C22H22ClN3O2S. The second-order valence-corrected chi connectivity index (χ2v) is 7.86. The highest BCUT2D eigenvalue weighted by Gasteiger charge is 2.41. The molecule has 0 amide bonds. The average Bonchev–Trinajstić information content (AvgIpc) is 3.34. The zero-order chi connectivity index (χ0) is 20.4. The number of thiocarbonyl (C=S) groups is 1. The lowest BCUT2D eigenvalue weighted by Crippen LogP contribution is -2.30. The summed E-state index contributed by atoms with van der Waals surface area (Å²) in [5.41, 5.74) is 2.84. The van der Waals surface area contributed by atoms with Crippen molar-refractivity contribution in [3.63, 3.8) is 0 Å². The molecule has 1 aromatic carbocycles. The highest BCUT2D eigenvalue weighted by molar-refractivity contribution is 7.80. The van der Waals surface area contributed by atoms with Crippen molar-refractivity contribution in [2.75, 3.05) is 13.2 Å². The van der Waals surface area contributed by atoms with E-state index < -0.39 is 0 Å². The van der Waals surface area contributed by atoms with Gasteiger partial charge in [0, 0.05) is 29.9 Å². The Morgan fingerprint density at radius 1 is 1.24 bits per heavy atom. The Bertz CT molecular complexity index is 1010. The van der Waals surface area contributed by atoms with E-state index in [1.165, 1.54) is 0 Å². The van der Waals surface area contributed by atoms with Gasteiger partial charge in [0.2, 0.25) is 0 Å². The van der Waals surface area contributed by atoms with Gasteiger partial charge >= 0.3 is 0 Å². The van der Waals surface area contributed by atoms with Crippen molar-refractivity contribution in [1.29, 1.82) is 0 Å². The van der Waals surface area contributed by atoms with Crippen LogP contribution in [0.2, 0.25) is 5.02 Å². The van der Waals surface area contributed by atoms with Gasteiger partial charge < -0.3 is 19.7 Å². The maximum absolute atomic E-state index is 9.32. The summed E-state index contributed by atoms with van der Waals surface area (Å²) >= 11 is 11.9. The third kappa shape index (κ3) is 4.01. The Balaban J connectivity index is 1.71. The Morgan fingerprint density at radius 3 is 2.83 bits per heavy atom. The molecule has 7 heteroatoms. The van der Waals surface area contributed by atoms with Crippen LogP contribution < -0.4 is 5.32 Å². The molecule has 0 saturated carbocycles. The number of aliphatic hydroxyl groups is 1. The minimum atomic E-state index is -0.154. The third-order valence-corrected chi connectivity index (χ3v) is 5.89. The Labute approximate surface area is 180 Å². The highest BCUT2D eigenvalue weighted by Crippen LogP contribution is 2.40. The van der Waals surface area contributed by atoms with Crippen molar-refractivity contribution >= 4 is 28.9 Å². The van der Waals surface area contributed by atoms with Crippen molar-refractivity contribution in [1.82, 2.24) is 15.2 Å². The lowest BCUT2D eigenvalue weighted by Gasteiger charge is -2.25. The van der Waals surface area contributed by atoms with Crippen LogP contribution in [0.3, 0.4) is 0 Å². The molecule has 3 aromatic rings. The summed E-state index contributed by atoms with van der Waals surface area (Å²) in [6.45, 7) is 2.70. The molecule has 1 saturated heterocycles. The maximum Gasteiger partial charge on any atom is 0.170 e. The Hall–Kier alpha value is -2.41. The number of hydrogen-bond donors (Lipinski definition) is 2. The molecule has 2 aromatic heterocycles. The van der Waals surface area contributed by atoms with Gasteiger partial charge in [-0.1, -0.05) is 29.8 Å². The first-order valence-electron chi connectivity index (χ1n) is 9.53. The van der Waals surface area contributed by atoms with E-state index in [0.717, 1.165) is 28.3 Å². The van der Waals surface area contributed by atoms with Gasteiger partial charge in [-0.05, 0) is 61.5 Å². The van der Waals surface area contributed by atoms with Crippen molar-refractivity contribution < 1.29 is 9.52 Å². The number of pyridine rings is 1. The van der Waals surface area contributed by atoms with Gasteiger partial charge in [-0.25, -0.2) is 0 Å². The Morgan fingerprint density at radius 2 is 2.10 bits per heavy atom. The van der Waals surface area contributed by atoms with E-state index >= 15 is 0 Å². The molecule has 0 unspecified atom stereocenters. The lowest BCUT2D eigenvalue weighted by molar-refractivity contribution is 0.233. The number of nitrogens with zero attached hydrogens (tertiary/aromatic N) is 2. The van der Waals surface area contributed by atoms with Crippen molar-refractivity contribution in [3.05, 3.63) is 76.8 Å². The molecule has 3 heterocycles. The summed E-state index contributed by atoms with van der Waals surface area (Å²) in [6.07, 6.45) is 2.39. The van der Waals surface area contributed by atoms with Gasteiger partial charge in [-0.3, -0.25) is 4.98 Å². The number of aromatic nitrogens is 1. The molecule has 29 heavy (non-hydrogen) atoms. The fraction of sp³-hybridized carbons (Fsp3) is 0.273. The highest BCUT2D eigenvalue weighted by atomic mass is 35.5. The van der Waals surface area contributed by atoms with E-state index in [0.29, 0.717) is 23.1 Å². The molecule has 0 aliphatic carbocycles. The van der Waals surface area contributed by atoms with Crippen molar-refractivity contribution in [2.45, 2.75) is 25.4 Å².